The van der Waals surface area contributed by atoms with E-state index >= 15 is 0 Å². The van der Waals surface area contributed by atoms with Crippen LogP contribution in [0.15, 0.2) is 54.9 Å². The highest BCUT2D eigenvalue weighted by Crippen LogP contribution is 2.47. The lowest BCUT2D eigenvalue weighted by molar-refractivity contribution is -0.766. The van der Waals surface area contributed by atoms with E-state index in [0.717, 1.165) is 0 Å². The Morgan fingerprint density at radius 3 is 2.46 bits per heavy atom. The SMILES string of the molecule is CC(C)OC(=O)[C@H](C)NP(=O)(OC[C@H]1O[C@@H]([n+]2cccc(C(N)=O)c2)C2OC(C)(C)OC21)Oc1ccccc1. The van der Waals surface area contributed by atoms with E-state index in [-0.39, 0.29) is 18.5 Å². The molecule has 39 heavy (non-hydrogen) atoms. The molecule has 13 heteroatoms. The van der Waals surface area contributed by atoms with E-state index in [9.17, 15) is 14.2 Å². The fourth-order valence-corrected chi connectivity index (χ4v) is 5.84. The van der Waals surface area contributed by atoms with Gasteiger partial charge in [0.15, 0.2) is 24.3 Å². The third-order valence-electron chi connectivity index (χ3n) is 5.96. The summed E-state index contributed by atoms with van der Waals surface area (Å²) in [4.78, 5) is 24.2. The van der Waals surface area contributed by atoms with Crippen LogP contribution in [0.1, 0.15) is 51.2 Å². The number of para-hydroxylation sites is 1. The Bertz CT molecular complexity index is 1230. The number of carbonyl (C=O) groups excluding carboxylic acids is 2. The molecule has 2 saturated heterocycles. The number of fused-ring (bicyclic) bond motifs is 1. The van der Waals surface area contributed by atoms with E-state index in [2.05, 4.69) is 5.09 Å². The molecule has 0 bridgehead atoms. The summed E-state index contributed by atoms with van der Waals surface area (Å²) in [5.74, 6) is -1.84. The van der Waals surface area contributed by atoms with E-state index in [4.69, 9.17) is 33.7 Å². The van der Waals surface area contributed by atoms with Crippen LogP contribution in [0.3, 0.4) is 0 Å². The number of nitrogens with zero attached hydrogens (tertiary/aromatic N) is 1. The van der Waals surface area contributed by atoms with Gasteiger partial charge in [0, 0.05) is 6.07 Å². The van der Waals surface area contributed by atoms with Crippen molar-refractivity contribution in [3.05, 3.63) is 60.4 Å². The van der Waals surface area contributed by atoms with Gasteiger partial charge in [0.05, 0.1) is 12.7 Å². The molecule has 0 spiro atoms. The molecular weight excluding hydrogens is 529 g/mol. The van der Waals surface area contributed by atoms with Crippen LogP contribution in [0.25, 0.3) is 0 Å². The summed E-state index contributed by atoms with van der Waals surface area (Å²) in [5, 5.41) is 2.66. The van der Waals surface area contributed by atoms with Crippen LogP contribution >= 0.6 is 7.75 Å². The molecule has 2 aliphatic heterocycles. The number of amides is 1. The summed E-state index contributed by atoms with van der Waals surface area (Å²) < 4.78 is 50.8. The number of benzene rings is 1. The highest BCUT2D eigenvalue weighted by atomic mass is 31.2. The lowest BCUT2D eigenvalue weighted by Crippen LogP contribution is -2.46. The van der Waals surface area contributed by atoms with E-state index in [1.165, 1.54) is 6.92 Å². The smallest absolute Gasteiger partial charge is 0.459 e. The van der Waals surface area contributed by atoms with Crippen LogP contribution in [0.5, 0.6) is 5.75 Å². The van der Waals surface area contributed by atoms with Gasteiger partial charge in [-0.3, -0.25) is 14.1 Å². The number of ether oxygens (including phenoxy) is 4. The van der Waals surface area contributed by atoms with Crippen molar-refractivity contribution >= 4 is 19.6 Å². The summed E-state index contributed by atoms with van der Waals surface area (Å²) in [6.45, 7) is 8.26. The maximum absolute atomic E-state index is 13.9. The van der Waals surface area contributed by atoms with Gasteiger partial charge in [-0.15, -0.1) is 0 Å². The number of nitrogens with one attached hydrogen (secondary N) is 1. The first kappa shape index (κ1) is 29.1. The zero-order valence-corrected chi connectivity index (χ0v) is 23.4. The van der Waals surface area contributed by atoms with Gasteiger partial charge in [-0.05, 0) is 52.8 Å². The Morgan fingerprint density at radius 1 is 1.10 bits per heavy atom. The number of pyridine rings is 1. The molecule has 1 aromatic heterocycles. The normalized spacial score (nSPS) is 26.0. The third kappa shape index (κ3) is 7.21. The fourth-order valence-electron chi connectivity index (χ4n) is 4.34. The molecule has 1 amide bonds. The summed E-state index contributed by atoms with van der Waals surface area (Å²) in [6, 6.07) is 10.7. The molecule has 3 N–H and O–H groups in total. The zero-order chi connectivity index (χ0) is 28.4. The number of aromatic nitrogens is 1. The van der Waals surface area contributed by atoms with Crippen LogP contribution in [0.2, 0.25) is 0 Å². The van der Waals surface area contributed by atoms with Crippen molar-refractivity contribution in [3.63, 3.8) is 0 Å². The van der Waals surface area contributed by atoms with Crippen molar-refractivity contribution in [2.75, 3.05) is 6.61 Å². The molecule has 0 aliphatic carbocycles. The number of primary amides is 1. The zero-order valence-electron chi connectivity index (χ0n) is 22.5. The maximum atomic E-state index is 13.9. The molecule has 0 radical (unpaired) electrons. The molecule has 0 saturated carbocycles. The third-order valence-corrected chi connectivity index (χ3v) is 7.60. The molecule has 6 atom stereocenters. The summed E-state index contributed by atoms with van der Waals surface area (Å²) in [6.07, 6.45) is 0.345. The van der Waals surface area contributed by atoms with Crippen molar-refractivity contribution < 1.29 is 46.7 Å². The Morgan fingerprint density at radius 2 is 1.79 bits per heavy atom. The number of hydrogen-bond acceptors (Lipinski definition) is 9. The number of esters is 1. The number of rotatable bonds is 11. The summed E-state index contributed by atoms with van der Waals surface area (Å²) in [5.41, 5.74) is 5.75. The molecule has 212 valence electrons. The van der Waals surface area contributed by atoms with Gasteiger partial charge >= 0.3 is 13.7 Å². The second-order valence-corrected chi connectivity index (χ2v) is 11.8. The van der Waals surface area contributed by atoms with Crippen LogP contribution in [0.4, 0.5) is 0 Å². The van der Waals surface area contributed by atoms with Gasteiger partial charge in [0.2, 0.25) is 0 Å². The van der Waals surface area contributed by atoms with Crippen molar-refractivity contribution in [3.8, 4) is 5.75 Å². The molecule has 3 heterocycles. The first-order valence-electron chi connectivity index (χ1n) is 12.6. The van der Waals surface area contributed by atoms with Crippen molar-refractivity contribution in [1.82, 2.24) is 5.09 Å². The van der Waals surface area contributed by atoms with E-state index in [0.29, 0.717) is 5.56 Å². The Labute approximate surface area is 227 Å². The van der Waals surface area contributed by atoms with Crippen LogP contribution in [-0.2, 0) is 32.8 Å². The first-order valence-corrected chi connectivity index (χ1v) is 14.2. The minimum absolute atomic E-state index is 0.226. The average molecular weight is 565 g/mol. The van der Waals surface area contributed by atoms with Gasteiger partial charge in [-0.1, -0.05) is 18.2 Å². The molecule has 2 aliphatic rings. The minimum Gasteiger partial charge on any atom is -0.462 e. The van der Waals surface area contributed by atoms with Crippen LogP contribution in [0, 0.1) is 0 Å². The quantitative estimate of drug-likeness (QED) is 0.237. The monoisotopic (exact) mass is 564 g/mol. The maximum Gasteiger partial charge on any atom is 0.459 e. The van der Waals surface area contributed by atoms with E-state index < -0.39 is 56.0 Å². The molecule has 12 nitrogen and oxygen atoms in total. The molecule has 2 aromatic rings. The van der Waals surface area contributed by atoms with Gasteiger partial charge in [0.1, 0.15) is 29.6 Å². The summed E-state index contributed by atoms with van der Waals surface area (Å²) >= 11 is 0. The molecule has 4 rings (SSSR count). The Hall–Kier alpha value is -2.86. The van der Waals surface area contributed by atoms with Gasteiger partial charge in [-0.25, -0.2) is 4.57 Å². The van der Waals surface area contributed by atoms with Crippen LogP contribution < -0.4 is 19.9 Å². The topological polar surface area (TPSA) is 149 Å². The minimum atomic E-state index is -4.12. The lowest BCUT2D eigenvalue weighted by atomic mass is 10.1. The van der Waals surface area contributed by atoms with Crippen molar-refractivity contribution in [2.45, 2.75) is 77.1 Å². The van der Waals surface area contributed by atoms with Crippen LogP contribution in [-0.4, -0.2) is 54.7 Å². The average Bonchev–Trinajstić information content (AvgIpc) is 3.35. The highest BCUT2D eigenvalue weighted by Gasteiger charge is 2.59. The second-order valence-electron chi connectivity index (χ2n) is 10.1. The van der Waals surface area contributed by atoms with Crippen molar-refractivity contribution in [2.24, 2.45) is 5.73 Å². The largest absolute Gasteiger partial charge is 0.462 e. The Kier molecular flexibility index (Phi) is 8.75. The number of nitrogens with two attached hydrogens (primary N) is 1. The molecule has 3 unspecified atom stereocenters. The summed E-state index contributed by atoms with van der Waals surface area (Å²) in [7, 11) is -4.12. The molecule has 2 fully saturated rings. The van der Waals surface area contributed by atoms with E-state index in [1.807, 2.05) is 0 Å². The predicted molar refractivity (Wildman–Crippen MR) is 137 cm³/mol. The Balaban J connectivity index is 1.54. The standard InChI is InChI=1S/C26H34N3O9P/c1-16(2)34-25(31)17(3)28-39(32,38-19-11-7-6-8-12-19)33-15-20-21-22(37-26(4,5)36-21)24(35-20)29-13-9-10-18(14-29)23(27)30/h6-14,16-17,20-22,24H,15H2,1-5H3,(H2-,27,28,30,32)/p+1/t17-,20+,21?,22?,24+,39?/m0/s1. The van der Waals surface area contributed by atoms with Gasteiger partial charge < -0.3 is 29.2 Å². The number of carbonyl (C=O) groups is 2. The van der Waals surface area contributed by atoms with Crippen molar-refractivity contribution in [1.29, 1.82) is 0 Å². The first-order chi connectivity index (χ1) is 18.4. The van der Waals surface area contributed by atoms with Gasteiger partial charge in [0.25, 0.3) is 12.1 Å². The predicted octanol–water partition coefficient (Wildman–Crippen LogP) is 2.62. The highest BCUT2D eigenvalue weighted by molar-refractivity contribution is 7.52. The lowest BCUT2D eigenvalue weighted by Gasteiger charge is -2.26. The second kappa shape index (κ2) is 11.7. The molecular formula is C26H35N3O9P+. The van der Waals surface area contributed by atoms with Gasteiger partial charge in [-0.2, -0.15) is 9.65 Å². The number of hydrogen-bond donors (Lipinski definition) is 2. The fraction of sp³-hybridized carbons (Fsp3) is 0.500. The molecule has 1 aromatic carbocycles. The van der Waals surface area contributed by atoms with E-state index in [1.54, 1.807) is 87.1 Å².